The van der Waals surface area contributed by atoms with Crippen molar-refractivity contribution in [3.8, 4) is 0 Å². The lowest BCUT2D eigenvalue weighted by atomic mass is 10.1. The van der Waals surface area contributed by atoms with E-state index in [9.17, 15) is 0 Å². The minimum absolute atomic E-state index is 0.00735. The molecule has 8 heteroatoms. The van der Waals surface area contributed by atoms with Gasteiger partial charge in [-0.3, -0.25) is 0 Å². The SMILES string of the molecule is CO[C@@H]1C=C(N=[N+]=[N-])[C@H](F)[C@@H](CO[Si](c2ccccc2)(c2ccccc2)C(C)(C)C)O1. The predicted octanol–water partition coefficient (Wildman–Crippen LogP) is 4.47. The first kappa shape index (κ1) is 23.2. The molecule has 6 nitrogen and oxygen atoms in total. The Morgan fingerprint density at radius 3 is 2.06 bits per heavy atom. The molecular formula is C23H28FN3O3Si. The zero-order valence-corrected chi connectivity index (χ0v) is 19.2. The molecule has 0 saturated carbocycles. The molecule has 0 unspecified atom stereocenters. The zero-order chi connectivity index (χ0) is 22.5. The first-order valence-electron chi connectivity index (χ1n) is 10.2. The molecule has 3 rings (SSSR count). The molecule has 164 valence electrons. The molecule has 0 fully saturated rings. The van der Waals surface area contributed by atoms with Gasteiger partial charge in [0.1, 0.15) is 6.10 Å². The number of hydrogen-bond acceptors (Lipinski definition) is 4. The van der Waals surface area contributed by atoms with Crippen molar-refractivity contribution in [1.82, 2.24) is 0 Å². The van der Waals surface area contributed by atoms with Crippen molar-refractivity contribution in [2.75, 3.05) is 13.7 Å². The summed E-state index contributed by atoms with van der Waals surface area (Å²) in [6.45, 7) is 6.44. The molecule has 0 spiro atoms. The fourth-order valence-electron chi connectivity index (χ4n) is 4.06. The van der Waals surface area contributed by atoms with Gasteiger partial charge in [0.15, 0.2) is 12.5 Å². The maximum Gasteiger partial charge on any atom is 0.261 e. The van der Waals surface area contributed by atoms with Crippen LogP contribution < -0.4 is 10.4 Å². The second kappa shape index (κ2) is 9.76. The van der Waals surface area contributed by atoms with Crippen molar-refractivity contribution in [2.45, 2.75) is 44.4 Å². The van der Waals surface area contributed by atoms with Crippen LogP contribution in [0.4, 0.5) is 4.39 Å². The summed E-state index contributed by atoms with van der Waals surface area (Å²) in [6.07, 6.45) is -2.03. The van der Waals surface area contributed by atoms with E-state index in [-0.39, 0.29) is 17.3 Å². The molecule has 0 amide bonds. The Morgan fingerprint density at radius 2 is 1.61 bits per heavy atom. The number of rotatable bonds is 7. The summed E-state index contributed by atoms with van der Waals surface area (Å²) in [5.74, 6) is 0. The number of nitrogens with zero attached hydrogens (tertiary/aromatic N) is 3. The van der Waals surface area contributed by atoms with Crippen molar-refractivity contribution in [2.24, 2.45) is 5.11 Å². The molecule has 0 bridgehead atoms. The van der Waals surface area contributed by atoms with Crippen LogP contribution in [-0.4, -0.2) is 40.6 Å². The van der Waals surface area contributed by atoms with E-state index in [1.54, 1.807) is 0 Å². The lowest BCUT2D eigenvalue weighted by Gasteiger charge is -2.44. The monoisotopic (exact) mass is 441 g/mol. The van der Waals surface area contributed by atoms with Gasteiger partial charge in [-0.2, -0.15) is 0 Å². The number of hydrogen-bond donors (Lipinski definition) is 0. The van der Waals surface area contributed by atoms with Gasteiger partial charge in [-0.15, -0.1) is 0 Å². The van der Waals surface area contributed by atoms with E-state index in [1.165, 1.54) is 13.2 Å². The fraction of sp³-hybridized carbons (Fsp3) is 0.391. The van der Waals surface area contributed by atoms with Crippen LogP contribution in [0.3, 0.4) is 0 Å². The standard InChI is InChI=1S/C23H28FN3O3Si/c1-23(2,3)31(17-11-7-5-8-12-17,18-13-9-6-10-14-18)29-16-20-22(24)19(26-27-25)15-21(28-4)30-20/h5-15,20-22H,16H2,1-4H3/t20-,21+,22+/m1/s1. The molecule has 3 atom stereocenters. The molecule has 1 aliphatic rings. The molecule has 0 N–H and O–H groups in total. The Balaban J connectivity index is 2.02. The predicted molar refractivity (Wildman–Crippen MR) is 121 cm³/mol. The van der Waals surface area contributed by atoms with Crippen molar-refractivity contribution in [3.63, 3.8) is 0 Å². The maximum atomic E-state index is 15.1. The highest BCUT2D eigenvalue weighted by atomic mass is 28.4. The Labute approximate surface area is 183 Å². The average molecular weight is 442 g/mol. The Hall–Kier alpha value is -2.48. The third-order valence-electron chi connectivity index (χ3n) is 5.50. The smallest absolute Gasteiger partial charge is 0.261 e. The summed E-state index contributed by atoms with van der Waals surface area (Å²) in [7, 11) is -1.39. The summed E-state index contributed by atoms with van der Waals surface area (Å²) in [6, 6.07) is 20.2. The molecule has 0 radical (unpaired) electrons. The van der Waals surface area contributed by atoms with Crippen LogP contribution in [0.1, 0.15) is 20.8 Å². The van der Waals surface area contributed by atoms with Gasteiger partial charge < -0.3 is 13.9 Å². The summed E-state index contributed by atoms with van der Waals surface area (Å²) in [5.41, 5.74) is 8.74. The average Bonchev–Trinajstić information content (AvgIpc) is 2.77. The van der Waals surface area contributed by atoms with Gasteiger partial charge in [-0.05, 0) is 27.0 Å². The topological polar surface area (TPSA) is 76.5 Å². The van der Waals surface area contributed by atoms with E-state index < -0.39 is 26.9 Å². The third-order valence-corrected chi connectivity index (χ3v) is 10.5. The van der Waals surface area contributed by atoms with Crippen LogP contribution in [-0.2, 0) is 13.9 Å². The van der Waals surface area contributed by atoms with E-state index in [0.717, 1.165) is 10.4 Å². The molecule has 0 aromatic heterocycles. The van der Waals surface area contributed by atoms with Gasteiger partial charge in [-0.25, -0.2) is 4.39 Å². The van der Waals surface area contributed by atoms with E-state index in [4.69, 9.17) is 19.4 Å². The molecule has 2 aromatic carbocycles. The Kier molecular flexibility index (Phi) is 7.30. The highest BCUT2D eigenvalue weighted by molar-refractivity contribution is 6.99. The maximum absolute atomic E-state index is 15.1. The van der Waals surface area contributed by atoms with Crippen LogP contribution in [0.2, 0.25) is 5.04 Å². The van der Waals surface area contributed by atoms with Crippen LogP contribution in [0.25, 0.3) is 10.4 Å². The van der Waals surface area contributed by atoms with Gasteiger partial charge in [-0.1, -0.05) is 86.5 Å². The fourth-order valence-corrected chi connectivity index (χ4v) is 8.63. The van der Waals surface area contributed by atoms with Crippen LogP contribution >= 0.6 is 0 Å². The van der Waals surface area contributed by atoms with E-state index in [0.29, 0.717) is 0 Å². The number of ether oxygens (including phenoxy) is 2. The third kappa shape index (κ3) is 4.73. The van der Waals surface area contributed by atoms with Crippen LogP contribution in [0.15, 0.2) is 77.6 Å². The second-order valence-electron chi connectivity index (χ2n) is 8.44. The number of alkyl halides is 1. The molecule has 0 aliphatic carbocycles. The van der Waals surface area contributed by atoms with Crippen molar-refractivity contribution in [1.29, 1.82) is 0 Å². The lowest BCUT2D eigenvalue weighted by Crippen LogP contribution is -2.67. The molecule has 1 aliphatic heterocycles. The molecular weight excluding hydrogens is 413 g/mol. The summed E-state index contributed by atoms with van der Waals surface area (Å²) >= 11 is 0. The molecule has 31 heavy (non-hydrogen) atoms. The van der Waals surface area contributed by atoms with Crippen molar-refractivity contribution in [3.05, 3.63) is 82.9 Å². The molecule has 1 heterocycles. The quantitative estimate of drug-likeness (QED) is 0.275. The largest absolute Gasteiger partial charge is 0.405 e. The van der Waals surface area contributed by atoms with E-state index >= 15 is 4.39 Å². The highest BCUT2D eigenvalue weighted by Gasteiger charge is 2.51. The number of halogens is 1. The van der Waals surface area contributed by atoms with Crippen LogP contribution in [0.5, 0.6) is 0 Å². The number of azide groups is 1. The van der Waals surface area contributed by atoms with Gasteiger partial charge >= 0.3 is 0 Å². The molecule has 0 saturated heterocycles. The minimum Gasteiger partial charge on any atom is -0.405 e. The Morgan fingerprint density at radius 1 is 1.06 bits per heavy atom. The second-order valence-corrected chi connectivity index (χ2v) is 12.7. The van der Waals surface area contributed by atoms with E-state index in [2.05, 4.69) is 55.1 Å². The first-order valence-corrected chi connectivity index (χ1v) is 12.1. The van der Waals surface area contributed by atoms with Crippen molar-refractivity contribution < 1.29 is 18.3 Å². The zero-order valence-electron chi connectivity index (χ0n) is 18.2. The summed E-state index contributed by atoms with van der Waals surface area (Å²) in [5, 5.41) is 5.42. The van der Waals surface area contributed by atoms with Crippen LogP contribution in [0, 0.1) is 0 Å². The number of methoxy groups -OCH3 is 1. The van der Waals surface area contributed by atoms with Crippen molar-refractivity contribution >= 4 is 18.7 Å². The Bertz CT molecular complexity index is 904. The normalized spacial score (nSPS) is 21.8. The molecule has 2 aromatic rings. The summed E-state index contributed by atoms with van der Waals surface area (Å²) < 4.78 is 32.8. The number of benzene rings is 2. The van der Waals surface area contributed by atoms with Gasteiger partial charge in [0, 0.05) is 12.0 Å². The highest BCUT2D eigenvalue weighted by Crippen LogP contribution is 2.37. The lowest BCUT2D eigenvalue weighted by molar-refractivity contribution is -0.159. The van der Waals surface area contributed by atoms with Gasteiger partial charge in [0.05, 0.1) is 12.3 Å². The van der Waals surface area contributed by atoms with E-state index in [1.807, 2.05) is 36.4 Å². The summed E-state index contributed by atoms with van der Waals surface area (Å²) in [4.78, 5) is 2.73. The minimum atomic E-state index is -2.85. The first-order chi connectivity index (χ1) is 14.8. The van der Waals surface area contributed by atoms with Gasteiger partial charge in [0.2, 0.25) is 0 Å². The van der Waals surface area contributed by atoms with Gasteiger partial charge in [0.25, 0.3) is 8.32 Å².